The van der Waals surface area contributed by atoms with Gasteiger partial charge in [0.25, 0.3) is 0 Å². The number of hydrogen-bond acceptors (Lipinski definition) is 6. The third-order valence-electron chi connectivity index (χ3n) is 4.28. The molecule has 1 rings (SSSR count). The third-order valence-corrected chi connectivity index (χ3v) is 4.28. The van der Waals surface area contributed by atoms with E-state index in [0.29, 0.717) is 0 Å². The predicted molar refractivity (Wildman–Crippen MR) is 95.9 cm³/mol. The van der Waals surface area contributed by atoms with E-state index < -0.39 is 35.2 Å². The second kappa shape index (κ2) is 8.27. The van der Waals surface area contributed by atoms with E-state index in [1.807, 2.05) is 13.8 Å². The highest BCUT2D eigenvalue weighted by Gasteiger charge is 2.49. The summed E-state index contributed by atoms with van der Waals surface area (Å²) in [6.07, 6.45) is -2.07. The van der Waals surface area contributed by atoms with Crippen LogP contribution in [0.2, 0.25) is 0 Å². The lowest BCUT2D eigenvalue weighted by Crippen LogP contribution is -2.40. The van der Waals surface area contributed by atoms with E-state index in [2.05, 4.69) is 10.0 Å². The highest BCUT2D eigenvalue weighted by Crippen LogP contribution is 2.36. The van der Waals surface area contributed by atoms with Gasteiger partial charge in [-0.15, -0.1) is 0 Å². The van der Waals surface area contributed by atoms with Gasteiger partial charge in [-0.05, 0) is 53.0 Å². The molecule has 8 heteroatoms. The first-order chi connectivity index (χ1) is 11.8. The lowest BCUT2D eigenvalue weighted by molar-refractivity contribution is -0.207. The van der Waals surface area contributed by atoms with Crippen LogP contribution in [-0.2, 0) is 23.8 Å². The smallest absolute Gasteiger partial charge is 0.313 e. The molecule has 0 N–H and O–H groups in total. The van der Waals surface area contributed by atoms with Crippen molar-refractivity contribution in [1.82, 2.24) is 0 Å². The Balaban J connectivity index is 3.03. The van der Waals surface area contributed by atoms with Crippen molar-refractivity contribution in [1.29, 1.82) is 0 Å². The topological polar surface area (TPSA) is 111 Å². The summed E-state index contributed by atoms with van der Waals surface area (Å²) >= 11 is 0. The van der Waals surface area contributed by atoms with Crippen LogP contribution in [0.3, 0.4) is 0 Å². The number of esters is 2. The molecule has 0 amide bonds. The summed E-state index contributed by atoms with van der Waals surface area (Å²) in [4.78, 5) is 27.4. The number of carbonyl (C=O) groups excluding carboxylic acids is 2. The highest BCUT2D eigenvalue weighted by atomic mass is 16.7. The molecule has 0 aromatic carbocycles. The minimum atomic E-state index is -0.985. The second-order valence-corrected chi connectivity index (χ2v) is 8.99. The van der Waals surface area contributed by atoms with Crippen molar-refractivity contribution in [3.63, 3.8) is 0 Å². The van der Waals surface area contributed by atoms with Gasteiger partial charge < -0.3 is 14.2 Å². The molecule has 8 nitrogen and oxygen atoms in total. The molecule has 1 heterocycles. The molecule has 0 radical (unpaired) electrons. The first kappa shape index (κ1) is 22.3. The maximum Gasteiger partial charge on any atom is 0.313 e. The van der Waals surface area contributed by atoms with E-state index >= 15 is 0 Å². The van der Waals surface area contributed by atoms with Gasteiger partial charge in [0, 0.05) is 17.4 Å². The Bertz CT molecular complexity index is 572. The second-order valence-electron chi connectivity index (χ2n) is 8.99. The van der Waals surface area contributed by atoms with Crippen LogP contribution in [0.4, 0.5) is 0 Å². The van der Waals surface area contributed by atoms with Gasteiger partial charge in [0.15, 0.2) is 6.10 Å². The van der Waals surface area contributed by atoms with E-state index in [4.69, 9.17) is 19.7 Å². The monoisotopic (exact) mass is 369 g/mol. The van der Waals surface area contributed by atoms with Gasteiger partial charge in [0.1, 0.15) is 0 Å². The fraction of sp³-hybridized carbons (Fsp3) is 0.889. The SMILES string of the molecule is C[C@H]1[C@H]([C@H](C)CN=[N+]=[N-])O[C@@H](OC(=O)C(C)(C)C)[C@@H]1OC(=O)C(C)(C)C. The number of azide groups is 1. The summed E-state index contributed by atoms with van der Waals surface area (Å²) in [5.74, 6) is -1.16. The standard InChI is InChI=1S/C18H31N3O5/c1-10(9-20-21-19)12-11(2)13(25-15(22)17(3,4)5)14(24-12)26-16(23)18(6,7)8/h10-14H,9H2,1-8H3/t10-,11+,12+,13-,14+/m1/s1. The van der Waals surface area contributed by atoms with E-state index in [9.17, 15) is 9.59 Å². The van der Waals surface area contributed by atoms with Crippen LogP contribution in [-0.4, -0.2) is 37.0 Å². The highest BCUT2D eigenvalue weighted by molar-refractivity contribution is 5.76. The van der Waals surface area contributed by atoms with Gasteiger partial charge in [-0.3, -0.25) is 9.59 Å². The lowest BCUT2D eigenvalue weighted by atomic mass is 9.91. The fourth-order valence-corrected chi connectivity index (χ4v) is 2.55. The number of rotatable bonds is 5. The molecule has 1 fully saturated rings. The Morgan fingerprint density at radius 2 is 1.62 bits per heavy atom. The van der Waals surface area contributed by atoms with Crippen LogP contribution in [0.1, 0.15) is 55.4 Å². The Morgan fingerprint density at radius 1 is 1.12 bits per heavy atom. The minimum Gasteiger partial charge on any atom is -0.455 e. The van der Waals surface area contributed by atoms with Crippen molar-refractivity contribution < 1.29 is 23.8 Å². The molecule has 0 bridgehead atoms. The Labute approximate surface area is 155 Å². The Hall–Kier alpha value is -1.79. The molecule has 5 atom stereocenters. The van der Waals surface area contributed by atoms with Crippen LogP contribution in [0.5, 0.6) is 0 Å². The largest absolute Gasteiger partial charge is 0.455 e. The summed E-state index contributed by atoms with van der Waals surface area (Å²) in [7, 11) is 0. The summed E-state index contributed by atoms with van der Waals surface area (Å²) in [5, 5.41) is 3.59. The molecule has 0 spiro atoms. The van der Waals surface area contributed by atoms with Gasteiger partial charge in [-0.25, -0.2) is 0 Å². The van der Waals surface area contributed by atoms with Crippen molar-refractivity contribution >= 4 is 11.9 Å². The van der Waals surface area contributed by atoms with E-state index in [1.165, 1.54) is 0 Å². The maximum absolute atomic E-state index is 12.4. The first-order valence-corrected chi connectivity index (χ1v) is 8.87. The number of carbonyl (C=O) groups is 2. The Kier molecular flexibility index (Phi) is 7.08. The number of hydrogen-bond donors (Lipinski definition) is 0. The molecule has 0 saturated carbocycles. The van der Waals surface area contributed by atoms with Gasteiger partial charge in [-0.2, -0.15) is 0 Å². The quantitative estimate of drug-likeness (QED) is 0.316. The van der Waals surface area contributed by atoms with Gasteiger partial charge >= 0.3 is 11.9 Å². The van der Waals surface area contributed by atoms with E-state index in [1.54, 1.807) is 41.5 Å². The Morgan fingerprint density at radius 3 is 2.08 bits per heavy atom. The van der Waals surface area contributed by atoms with Crippen molar-refractivity contribution in [2.75, 3.05) is 6.54 Å². The van der Waals surface area contributed by atoms with Crippen LogP contribution >= 0.6 is 0 Å². The molecule has 0 aliphatic carbocycles. The zero-order chi connectivity index (χ0) is 20.3. The van der Waals surface area contributed by atoms with Crippen molar-refractivity contribution in [3.8, 4) is 0 Å². The predicted octanol–water partition coefficient (Wildman–Crippen LogP) is 3.84. The first-order valence-electron chi connectivity index (χ1n) is 8.87. The molecule has 26 heavy (non-hydrogen) atoms. The molecule has 1 aliphatic rings. The average Bonchev–Trinajstić information content (AvgIpc) is 2.80. The normalized spacial score (nSPS) is 27.4. The zero-order valence-electron chi connectivity index (χ0n) is 17.0. The van der Waals surface area contributed by atoms with E-state index in [0.717, 1.165) is 0 Å². The zero-order valence-corrected chi connectivity index (χ0v) is 17.0. The van der Waals surface area contributed by atoms with Gasteiger partial charge in [0.2, 0.25) is 6.29 Å². The molecule has 148 valence electrons. The van der Waals surface area contributed by atoms with Gasteiger partial charge in [0.05, 0.1) is 16.9 Å². The number of nitrogens with zero attached hydrogens (tertiary/aromatic N) is 3. The van der Waals surface area contributed by atoms with Gasteiger partial charge in [-0.1, -0.05) is 19.0 Å². The summed E-state index contributed by atoms with van der Waals surface area (Å²) in [6, 6.07) is 0. The molecular formula is C18H31N3O5. The molecule has 0 aromatic heterocycles. The van der Waals surface area contributed by atoms with Crippen molar-refractivity contribution in [2.24, 2.45) is 27.8 Å². The lowest BCUT2D eigenvalue weighted by Gasteiger charge is -2.27. The number of ether oxygens (including phenoxy) is 3. The summed E-state index contributed by atoms with van der Waals surface area (Å²) < 4.78 is 17.1. The molecule has 1 aliphatic heterocycles. The maximum atomic E-state index is 12.4. The van der Waals surface area contributed by atoms with Crippen molar-refractivity contribution in [2.45, 2.75) is 73.9 Å². The van der Waals surface area contributed by atoms with Crippen LogP contribution in [0.15, 0.2) is 5.11 Å². The van der Waals surface area contributed by atoms with Crippen LogP contribution in [0, 0.1) is 22.7 Å². The third kappa shape index (κ3) is 5.61. The molecule has 0 unspecified atom stereocenters. The molecule has 1 saturated heterocycles. The molecule has 0 aromatic rings. The summed E-state index contributed by atoms with van der Waals surface area (Å²) in [5.41, 5.74) is 7.13. The minimum absolute atomic E-state index is 0.116. The fourth-order valence-electron chi connectivity index (χ4n) is 2.55. The average molecular weight is 369 g/mol. The van der Waals surface area contributed by atoms with Crippen LogP contribution < -0.4 is 0 Å². The van der Waals surface area contributed by atoms with Crippen molar-refractivity contribution in [3.05, 3.63) is 10.4 Å². The summed E-state index contributed by atoms with van der Waals surface area (Å²) in [6.45, 7) is 14.5. The molecular weight excluding hydrogens is 338 g/mol. The van der Waals surface area contributed by atoms with E-state index in [-0.39, 0.29) is 24.5 Å². The van der Waals surface area contributed by atoms with Crippen LogP contribution in [0.25, 0.3) is 10.4 Å².